The van der Waals surface area contributed by atoms with Crippen molar-refractivity contribution in [3.8, 4) is 51.2 Å². The van der Waals surface area contributed by atoms with E-state index in [2.05, 4.69) is 45.5 Å². The Morgan fingerprint density at radius 2 is 0.636 bits per heavy atom. The van der Waals surface area contributed by atoms with Gasteiger partial charge in [-0.3, -0.25) is 18.3 Å². The predicted molar refractivity (Wildman–Crippen MR) is 216 cm³/mol. The minimum atomic E-state index is -4.43. The van der Waals surface area contributed by atoms with Crippen LogP contribution in [0.5, 0.6) is 0 Å². The van der Waals surface area contributed by atoms with Crippen LogP contribution in [0.2, 0.25) is 0 Å². The van der Waals surface area contributed by atoms with Gasteiger partial charge in [0.25, 0.3) is 10.1 Å². The van der Waals surface area contributed by atoms with Crippen molar-refractivity contribution in [2.24, 2.45) is 0 Å². The van der Waals surface area contributed by atoms with Gasteiger partial charge in [0.2, 0.25) is 0 Å². The second-order valence-electron chi connectivity index (χ2n) is 13.1. The highest BCUT2D eigenvalue weighted by atomic mass is 32.2. The lowest BCUT2D eigenvalue weighted by Gasteiger charge is -2.12. The fourth-order valence-electron chi connectivity index (χ4n) is 7.43. The molecule has 0 aliphatic rings. The number of fused-ring (bicyclic) bond motifs is 6. The Labute approximate surface area is 315 Å². The van der Waals surface area contributed by atoms with Crippen LogP contribution in [-0.2, 0) is 10.1 Å². The van der Waals surface area contributed by atoms with E-state index in [1.165, 1.54) is 12.1 Å². The summed E-state index contributed by atoms with van der Waals surface area (Å²) in [5, 5.41) is 0. The zero-order valence-electron chi connectivity index (χ0n) is 29.1. The average Bonchev–Trinajstić information content (AvgIpc) is 3.95. The van der Waals surface area contributed by atoms with Crippen LogP contribution < -0.4 is 0 Å². The molecular formula is C45H30N6O3S. The smallest absolute Gasteiger partial charge is 0.290 e. The van der Waals surface area contributed by atoms with Crippen molar-refractivity contribution in [2.45, 2.75) is 4.90 Å². The minimum Gasteiger partial charge on any atom is -0.290 e. The van der Waals surface area contributed by atoms with E-state index in [0.29, 0.717) is 28.1 Å². The standard InChI is InChI=1S/C45H30N6O3S/c52-55(53,54)36-28-26-35(27-29-36)51-42-38-40(49(33-22-12-4-13-23-33)44(47-38)31-18-8-2-9-19-31)37-41(39(42)48-45(51)32-20-10-3-11-21-32)50(34-24-14-5-15-25-34)43(46-37)30-16-6-1-7-17-30/h1-29H,(H,52,53,54). The van der Waals surface area contributed by atoms with Crippen molar-refractivity contribution in [1.29, 1.82) is 0 Å². The van der Waals surface area contributed by atoms with Crippen LogP contribution in [-0.4, -0.2) is 41.6 Å². The summed E-state index contributed by atoms with van der Waals surface area (Å²) in [5.41, 5.74) is 9.48. The molecule has 10 aromatic rings. The first-order valence-corrected chi connectivity index (χ1v) is 19.1. The largest absolute Gasteiger partial charge is 0.294 e. The Kier molecular flexibility index (Phi) is 7.55. The number of aromatic nitrogens is 6. The van der Waals surface area contributed by atoms with Crippen LogP contribution in [0, 0.1) is 0 Å². The number of para-hydroxylation sites is 2. The van der Waals surface area contributed by atoms with Gasteiger partial charge in [-0.05, 0) is 48.5 Å². The highest BCUT2D eigenvalue weighted by Crippen LogP contribution is 2.44. The van der Waals surface area contributed by atoms with Crippen LogP contribution in [0.25, 0.3) is 84.3 Å². The fourth-order valence-corrected chi connectivity index (χ4v) is 7.91. The zero-order valence-corrected chi connectivity index (χ0v) is 29.9. The quantitative estimate of drug-likeness (QED) is 0.163. The molecule has 7 aromatic carbocycles. The minimum absolute atomic E-state index is 0.205. The number of imidazole rings is 3. The van der Waals surface area contributed by atoms with Crippen molar-refractivity contribution in [1.82, 2.24) is 28.7 Å². The second kappa shape index (κ2) is 12.8. The highest BCUT2D eigenvalue weighted by Gasteiger charge is 2.30. The molecule has 0 saturated carbocycles. The number of hydrogen-bond acceptors (Lipinski definition) is 5. The Bertz CT molecular complexity index is 3060. The summed E-state index contributed by atoms with van der Waals surface area (Å²) >= 11 is 0. The number of nitrogens with zero attached hydrogens (tertiary/aromatic N) is 6. The molecule has 0 saturated heterocycles. The molecule has 0 radical (unpaired) electrons. The summed E-state index contributed by atoms with van der Waals surface area (Å²) < 4.78 is 40.6. The van der Waals surface area contributed by atoms with E-state index in [0.717, 1.165) is 56.3 Å². The molecule has 55 heavy (non-hydrogen) atoms. The van der Waals surface area contributed by atoms with Gasteiger partial charge in [-0.1, -0.05) is 127 Å². The summed E-state index contributed by atoms with van der Waals surface area (Å²) in [4.78, 5) is 16.3. The molecule has 9 nitrogen and oxygen atoms in total. The van der Waals surface area contributed by atoms with E-state index in [1.54, 1.807) is 12.1 Å². The van der Waals surface area contributed by atoms with Gasteiger partial charge in [0.15, 0.2) is 0 Å². The molecule has 0 bridgehead atoms. The lowest BCUT2D eigenvalue weighted by Crippen LogP contribution is -2.01. The van der Waals surface area contributed by atoms with Crippen LogP contribution in [0.3, 0.4) is 0 Å². The fraction of sp³-hybridized carbons (Fsp3) is 0. The maximum atomic E-state index is 12.2. The second-order valence-corrected chi connectivity index (χ2v) is 14.6. The molecule has 0 unspecified atom stereocenters. The molecule has 10 rings (SSSR count). The third-order valence-corrected chi connectivity index (χ3v) is 10.7. The van der Waals surface area contributed by atoms with Crippen LogP contribution in [0.15, 0.2) is 181 Å². The van der Waals surface area contributed by atoms with Gasteiger partial charge in [-0.2, -0.15) is 8.42 Å². The molecule has 1 N–H and O–H groups in total. The van der Waals surface area contributed by atoms with Gasteiger partial charge >= 0.3 is 0 Å². The van der Waals surface area contributed by atoms with Gasteiger partial charge < -0.3 is 0 Å². The molecule has 10 heteroatoms. The Balaban J connectivity index is 1.48. The van der Waals surface area contributed by atoms with E-state index in [4.69, 9.17) is 15.0 Å². The van der Waals surface area contributed by atoms with Gasteiger partial charge in [0.1, 0.15) is 50.6 Å². The Hall–Kier alpha value is -7.14. The molecule has 0 aliphatic carbocycles. The van der Waals surface area contributed by atoms with Crippen LogP contribution in [0.1, 0.15) is 0 Å². The maximum Gasteiger partial charge on any atom is 0.294 e. The normalized spacial score (nSPS) is 11.9. The lowest BCUT2D eigenvalue weighted by atomic mass is 10.1. The van der Waals surface area contributed by atoms with E-state index < -0.39 is 10.1 Å². The summed E-state index contributed by atoms with van der Waals surface area (Å²) in [7, 11) is -4.43. The monoisotopic (exact) mass is 734 g/mol. The highest BCUT2D eigenvalue weighted by molar-refractivity contribution is 7.85. The zero-order chi connectivity index (χ0) is 37.1. The van der Waals surface area contributed by atoms with Crippen LogP contribution in [0.4, 0.5) is 0 Å². The van der Waals surface area contributed by atoms with E-state index in [-0.39, 0.29) is 4.90 Å². The SMILES string of the molecule is O=S(=O)(O)c1ccc(-n2c(-c3ccccc3)nc3c4c(nc(-c5ccccc5)n4-c4ccccc4)c4c(nc(-c5ccccc5)n4-c4ccccc4)c32)cc1. The first kappa shape index (κ1) is 32.5. The first-order valence-electron chi connectivity index (χ1n) is 17.7. The molecule has 0 fully saturated rings. The molecular weight excluding hydrogens is 705 g/mol. The van der Waals surface area contributed by atoms with Crippen molar-refractivity contribution < 1.29 is 13.0 Å². The third kappa shape index (κ3) is 5.34. The molecule has 3 heterocycles. The van der Waals surface area contributed by atoms with E-state index in [1.807, 2.05) is 120 Å². The van der Waals surface area contributed by atoms with Gasteiger partial charge in [-0.25, -0.2) is 15.0 Å². The van der Waals surface area contributed by atoms with E-state index in [9.17, 15) is 13.0 Å². The van der Waals surface area contributed by atoms with Crippen LogP contribution >= 0.6 is 0 Å². The predicted octanol–water partition coefficient (Wildman–Crippen LogP) is 9.95. The van der Waals surface area contributed by atoms with Gasteiger partial charge in [0.05, 0.1) is 4.90 Å². The lowest BCUT2D eigenvalue weighted by molar-refractivity contribution is 0.483. The summed E-state index contributed by atoms with van der Waals surface area (Å²) in [5.74, 6) is 2.09. The van der Waals surface area contributed by atoms with Crippen molar-refractivity contribution in [3.63, 3.8) is 0 Å². The molecule has 3 aromatic heterocycles. The van der Waals surface area contributed by atoms with E-state index >= 15 is 0 Å². The van der Waals surface area contributed by atoms with Gasteiger partial charge in [0, 0.05) is 33.8 Å². The molecule has 0 atom stereocenters. The summed E-state index contributed by atoms with van der Waals surface area (Å²) in [6, 6.07) is 56.6. The summed E-state index contributed by atoms with van der Waals surface area (Å²) in [6.07, 6.45) is 0. The topological polar surface area (TPSA) is 108 Å². The average molecular weight is 735 g/mol. The van der Waals surface area contributed by atoms with Crippen molar-refractivity contribution >= 4 is 43.2 Å². The molecule has 0 spiro atoms. The van der Waals surface area contributed by atoms with Crippen molar-refractivity contribution in [2.75, 3.05) is 0 Å². The number of rotatable bonds is 7. The first-order chi connectivity index (χ1) is 27.0. The molecule has 264 valence electrons. The number of benzene rings is 7. The maximum absolute atomic E-state index is 12.2. The number of hydrogen-bond donors (Lipinski definition) is 1. The third-order valence-electron chi connectivity index (χ3n) is 9.82. The Morgan fingerprint density at radius 3 is 0.927 bits per heavy atom. The Morgan fingerprint density at radius 1 is 0.364 bits per heavy atom. The van der Waals surface area contributed by atoms with Crippen molar-refractivity contribution in [3.05, 3.63) is 176 Å². The molecule has 0 amide bonds. The summed E-state index contributed by atoms with van der Waals surface area (Å²) in [6.45, 7) is 0. The molecule has 0 aliphatic heterocycles. The van der Waals surface area contributed by atoms with Gasteiger partial charge in [-0.15, -0.1) is 0 Å².